The van der Waals surface area contributed by atoms with Gasteiger partial charge in [-0.05, 0) is 210 Å². The quantitative estimate of drug-likeness (QED) is 0.176. The third kappa shape index (κ3) is 4.51. The SMILES string of the molecule is CC1CC2CC3CC(c4ccc5c(c4)c4cc(C67CC8CC(CC(C8)C6)C7)ccc4n5-c4cc(-c5ccccc5)cc(-c5cc6ccccc6cc5N)c4)(C1)C23. The Hall–Kier alpha value is -4.82. The highest BCUT2D eigenvalue weighted by atomic mass is 15.0. The molecular weight excluding hydrogens is 677 g/mol. The van der Waals surface area contributed by atoms with E-state index in [9.17, 15) is 0 Å². The van der Waals surface area contributed by atoms with Gasteiger partial charge in [-0.25, -0.2) is 0 Å². The molecule has 278 valence electrons. The second-order valence-corrected chi connectivity index (χ2v) is 20.1. The Kier molecular flexibility index (Phi) is 6.57. The molecule has 4 bridgehead atoms. The van der Waals surface area contributed by atoms with Crippen molar-refractivity contribution in [3.63, 3.8) is 0 Å². The van der Waals surface area contributed by atoms with Gasteiger partial charge in [0.05, 0.1) is 11.0 Å². The van der Waals surface area contributed by atoms with Gasteiger partial charge in [0.2, 0.25) is 0 Å². The van der Waals surface area contributed by atoms with E-state index >= 15 is 0 Å². The predicted molar refractivity (Wildman–Crippen MR) is 233 cm³/mol. The van der Waals surface area contributed by atoms with Gasteiger partial charge < -0.3 is 10.3 Å². The number of hydrogen-bond donors (Lipinski definition) is 1. The minimum absolute atomic E-state index is 0.362. The van der Waals surface area contributed by atoms with Crippen LogP contribution in [0, 0.1) is 41.4 Å². The summed E-state index contributed by atoms with van der Waals surface area (Å²) in [7, 11) is 0. The highest BCUT2D eigenvalue weighted by Gasteiger charge is 2.65. The highest BCUT2D eigenvalue weighted by molar-refractivity contribution is 6.10. The van der Waals surface area contributed by atoms with Crippen molar-refractivity contribution in [1.82, 2.24) is 4.57 Å². The number of fused-ring (bicyclic) bond motifs is 4. The molecule has 56 heavy (non-hydrogen) atoms. The number of benzene rings is 6. The number of nitrogen functional groups attached to an aromatic ring is 1. The third-order valence-electron chi connectivity index (χ3n) is 16.8. The maximum absolute atomic E-state index is 6.93. The standard InChI is InChI=1S/C54H52N2/c1-32-15-41-20-42-31-54(27-32,52(41)42)44-12-14-51-48(26-44)47-25-43(53-28-33-16-34(29-53)18-35(17-33)30-53)11-13-50(47)56(51)45-21-39(36-7-3-2-4-8-36)19-40(22-45)46-23-37-9-5-6-10-38(37)24-49(46)55/h2-14,19,21-26,32-35,41-42,52H,15-18,20,27-31,55H2,1H3. The molecular formula is C54H52N2. The second-order valence-electron chi connectivity index (χ2n) is 20.1. The summed E-state index contributed by atoms with van der Waals surface area (Å²) in [4.78, 5) is 0. The van der Waals surface area contributed by atoms with Crippen LogP contribution in [0.15, 0.2) is 121 Å². The normalized spacial score (nSPS) is 32.4. The second kappa shape index (κ2) is 11.4. The lowest BCUT2D eigenvalue weighted by atomic mass is 9.34. The molecule has 0 saturated heterocycles. The van der Waals surface area contributed by atoms with Crippen LogP contribution in [0.3, 0.4) is 0 Å². The van der Waals surface area contributed by atoms with E-state index in [0.717, 1.165) is 58.2 Å². The number of nitrogens with two attached hydrogens (primary N) is 1. The zero-order valence-corrected chi connectivity index (χ0v) is 32.7. The van der Waals surface area contributed by atoms with Crippen molar-refractivity contribution in [2.75, 3.05) is 5.73 Å². The Balaban J connectivity index is 1.05. The average molecular weight is 729 g/mol. The lowest BCUT2D eigenvalue weighted by Gasteiger charge is -2.70. The maximum Gasteiger partial charge on any atom is 0.0541 e. The van der Waals surface area contributed by atoms with Crippen molar-refractivity contribution in [1.29, 1.82) is 0 Å². The van der Waals surface area contributed by atoms with E-state index in [4.69, 9.17) is 5.73 Å². The molecule has 0 amide bonds. The van der Waals surface area contributed by atoms with Crippen LogP contribution in [0.4, 0.5) is 5.69 Å². The zero-order chi connectivity index (χ0) is 36.9. The first kappa shape index (κ1) is 32.3. The molecule has 7 aliphatic carbocycles. The predicted octanol–water partition coefficient (Wildman–Crippen LogP) is 13.6. The van der Waals surface area contributed by atoms with Crippen LogP contribution in [0.5, 0.6) is 0 Å². The summed E-state index contributed by atoms with van der Waals surface area (Å²) >= 11 is 0. The molecule has 0 aliphatic heterocycles. The minimum atomic E-state index is 0.362. The van der Waals surface area contributed by atoms with Gasteiger partial charge in [0, 0.05) is 27.7 Å². The van der Waals surface area contributed by atoms with Crippen LogP contribution in [-0.2, 0) is 10.8 Å². The third-order valence-corrected chi connectivity index (χ3v) is 16.8. The van der Waals surface area contributed by atoms with Crippen LogP contribution in [0.25, 0.3) is 60.5 Å². The molecule has 1 aromatic heterocycles. The Bertz CT molecular complexity index is 2650. The molecule has 7 fully saturated rings. The molecule has 2 heteroatoms. The summed E-state index contributed by atoms with van der Waals surface area (Å²) in [5, 5.41) is 5.30. The minimum Gasteiger partial charge on any atom is -0.398 e. The number of hydrogen-bond acceptors (Lipinski definition) is 1. The summed E-state index contributed by atoms with van der Waals surface area (Å²) in [6, 6.07) is 46.7. The lowest BCUT2D eigenvalue weighted by molar-refractivity contribution is -0.159. The molecule has 1 heterocycles. The Morgan fingerprint density at radius 3 is 1.89 bits per heavy atom. The van der Waals surface area contributed by atoms with Crippen molar-refractivity contribution in [3.8, 4) is 27.9 Å². The molecule has 2 nitrogen and oxygen atoms in total. The number of aromatic nitrogens is 1. The van der Waals surface area contributed by atoms with Gasteiger partial charge in [-0.2, -0.15) is 0 Å². The Labute approximate surface area is 331 Å². The smallest absolute Gasteiger partial charge is 0.0541 e. The topological polar surface area (TPSA) is 30.9 Å². The van der Waals surface area contributed by atoms with Crippen LogP contribution >= 0.6 is 0 Å². The van der Waals surface area contributed by atoms with Gasteiger partial charge in [-0.3, -0.25) is 0 Å². The van der Waals surface area contributed by atoms with Crippen LogP contribution in [0.2, 0.25) is 0 Å². The molecule has 7 aliphatic rings. The number of anilines is 1. The Morgan fingerprint density at radius 2 is 1.18 bits per heavy atom. The van der Waals surface area contributed by atoms with E-state index in [-0.39, 0.29) is 0 Å². The van der Waals surface area contributed by atoms with Crippen LogP contribution in [0.1, 0.15) is 82.3 Å². The van der Waals surface area contributed by atoms with E-state index in [1.54, 1.807) is 11.1 Å². The molecule has 2 N–H and O–H groups in total. The van der Waals surface area contributed by atoms with E-state index in [2.05, 4.69) is 133 Å². The van der Waals surface area contributed by atoms with E-state index in [1.807, 2.05) is 0 Å². The fraction of sp³-hybridized carbons (Fsp3) is 0.370. The van der Waals surface area contributed by atoms with Crippen molar-refractivity contribution in [3.05, 3.63) is 132 Å². The summed E-state index contributed by atoms with van der Waals surface area (Å²) in [6.07, 6.45) is 14.3. The Morgan fingerprint density at radius 1 is 0.536 bits per heavy atom. The van der Waals surface area contributed by atoms with Crippen molar-refractivity contribution < 1.29 is 0 Å². The van der Waals surface area contributed by atoms with Crippen molar-refractivity contribution in [2.24, 2.45) is 41.4 Å². The van der Waals surface area contributed by atoms with Gasteiger partial charge in [-0.15, -0.1) is 0 Å². The monoisotopic (exact) mass is 728 g/mol. The van der Waals surface area contributed by atoms with Crippen molar-refractivity contribution >= 4 is 38.3 Å². The first-order chi connectivity index (χ1) is 27.4. The molecule has 0 radical (unpaired) electrons. The lowest BCUT2D eigenvalue weighted by Crippen LogP contribution is -2.65. The van der Waals surface area contributed by atoms with E-state index in [1.165, 1.54) is 114 Å². The van der Waals surface area contributed by atoms with Crippen molar-refractivity contribution in [2.45, 2.75) is 82.0 Å². The van der Waals surface area contributed by atoms with Crippen LogP contribution < -0.4 is 5.73 Å². The van der Waals surface area contributed by atoms with Gasteiger partial charge in [0.1, 0.15) is 0 Å². The van der Waals surface area contributed by atoms with Gasteiger partial charge in [0.15, 0.2) is 0 Å². The largest absolute Gasteiger partial charge is 0.398 e. The number of nitrogens with zero attached hydrogens (tertiary/aromatic N) is 1. The van der Waals surface area contributed by atoms with E-state index < -0.39 is 0 Å². The van der Waals surface area contributed by atoms with Crippen LogP contribution in [-0.4, -0.2) is 4.57 Å². The van der Waals surface area contributed by atoms with Gasteiger partial charge in [-0.1, -0.05) is 73.7 Å². The summed E-state index contributed by atoms with van der Waals surface area (Å²) in [5.41, 5.74) is 20.3. The molecule has 0 spiro atoms. The summed E-state index contributed by atoms with van der Waals surface area (Å²) in [5.74, 6) is 6.43. The van der Waals surface area contributed by atoms with Gasteiger partial charge >= 0.3 is 0 Å². The molecule has 7 saturated carbocycles. The highest BCUT2D eigenvalue weighted by Crippen LogP contribution is 2.71. The van der Waals surface area contributed by atoms with Gasteiger partial charge in [0.25, 0.3) is 0 Å². The zero-order valence-electron chi connectivity index (χ0n) is 32.7. The molecule has 6 aromatic carbocycles. The summed E-state index contributed by atoms with van der Waals surface area (Å²) < 4.78 is 2.60. The molecule has 5 unspecified atom stereocenters. The fourth-order valence-corrected chi connectivity index (χ4v) is 15.1. The number of rotatable bonds is 5. The average Bonchev–Trinajstić information content (AvgIpc) is 3.51. The first-order valence-corrected chi connectivity index (χ1v) is 22.0. The maximum atomic E-state index is 6.93. The molecule has 7 aromatic rings. The fourth-order valence-electron chi connectivity index (χ4n) is 15.1. The van der Waals surface area contributed by atoms with E-state index in [0.29, 0.717) is 10.8 Å². The molecule has 5 atom stereocenters. The summed E-state index contributed by atoms with van der Waals surface area (Å²) in [6.45, 7) is 2.53. The first-order valence-electron chi connectivity index (χ1n) is 22.0. The molecule has 14 rings (SSSR count).